The minimum Gasteiger partial charge on any atom is -0.489 e. The van der Waals surface area contributed by atoms with Crippen LogP contribution in [-0.4, -0.2) is 25.6 Å². The van der Waals surface area contributed by atoms with Crippen molar-refractivity contribution in [2.45, 2.75) is 20.1 Å². The predicted octanol–water partition coefficient (Wildman–Crippen LogP) is 4.88. The van der Waals surface area contributed by atoms with E-state index in [0.717, 1.165) is 44.8 Å². The lowest BCUT2D eigenvalue weighted by Gasteiger charge is -2.11. The number of H-pyrrole nitrogens is 1. The molecular weight excluding hydrogens is 402 g/mol. The molecule has 0 radical (unpaired) electrons. The quantitative estimate of drug-likeness (QED) is 0.401. The molecule has 0 atom stereocenters. The Hall–Kier alpha value is -4.26. The van der Waals surface area contributed by atoms with E-state index in [4.69, 9.17) is 9.47 Å². The van der Waals surface area contributed by atoms with Crippen LogP contribution in [0.2, 0.25) is 0 Å². The maximum absolute atomic E-state index is 6.01. The van der Waals surface area contributed by atoms with Gasteiger partial charge in [-0.3, -0.25) is 0 Å². The molecule has 7 heteroatoms. The van der Waals surface area contributed by atoms with Gasteiger partial charge in [0.2, 0.25) is 0 Å². The zero-order valence-corrected chi connectivity index (χ0v) is 17.5. The number of hydrogen-bond donors (Lipinski definition) is 1. The van der Waals surface area contributed by atoms with Crippen molar-refractivity contribution in [1.82, 2.24) is 25.6 Å². The van der Waals surface area contributed by atoms with E-state index in [1.807, 2.05) is 73.7 Å². The van der Waals surface area contributed by atoms with Crippen LogP contribution >= 0.6 is 0 Å². The number of aryl methyl sites for hydroxylation is 1. The van der Waals surface area contributed by atoms with Gasteiger partial charge in [-0.25, -0.2) is 10.1 Å². The van der Waals surface area contributed by atoms with Crippen LogP contribution in [-0.2, 0) is 13.2 Å². The Balaban J connectivity index is 1.22. The Morgan fingerprint density at radius 1 is 0.812 bits per heavy atom. The second kappa shape index (κ2) is 8.85. The van der Waals surface area contributed by atoms with Gasteiger partial charge in [0.1, 0.15) is 24.7 Å². The molecule has 32 heavy (non-hydrogen) atoms. The first-order valence-corrected chi connectivity index (χ1v) is 10.3. The van der Waals surface area contributed by atoms with E-state index < -0.39 is 0 Å². The van der Waals surface area contributed by atoms with Crippen molar-refractivity contribution in [3.63, 3.8) is 0 Å². The first-order valence-electron chi connectivity index (χ1n) is 10.3. The molecule has 2 aromatic heterocycles. The molecule has 158 valence electrons. The van der Waals surface area contributed by atoms with E-state index in [2.05, 4.69) is 37.7 Å². The molecule has 0 aliphatic carbocycles. The molecule has 0 unspecified atom stereocenters. The second-order valence-corrected chi connectivity index (χ2v) is 7.44. The Morgan fingerprint density at radius 3 is 2.47 bits per heavy atom. The summed E-state index contributed by atoms with van der Waals surface area (Å²) in [4.78, 5) is 4.65. The molecule has 2 heterocycles. The van der Waals surface area contributed by atoms with Crippen LogP contribution in [0.5, 0.6) is 11.5 Å². The highest BCUT2D eigenvalue weighted by Gasteiger charge is 2.07. The number of aromatic amines is 1. The number of hydrogen-bond acceptors (Lipinski definition) is 6. The predicted molar refractivity (Wildman–Crippen MR) is 121 cm³/mol. The fourth-order valence-electron chi connectivity index (χ4n) is 3.45. The van der Waals surface area contributed by atoms with E-state index >= 15 is 0 Å². The smallest absolute Gasteiger partial charge is 0.179 e. The van der Waals surface area contributed by atoms with Gasteiger partial charge in [-0.15, -0.1) is 5.10 Å². The summed E-state index contributed by atoms with van der Waals surface area (Å²) in [6.07, 6.45) is 0. The van der Waals surface area contributed by atoms with E-state index in [1.165, 1.54) is 0 Å². The maximum Gasteiger partial charge on any atom is 0.179 e. The molecule has 0 spiro atoms. The summed E-state index contributed by atoms with van der Waals surface area (Å²) in [5, 5.41) is 15.1. The van der Waals surface area contributed by atoms with E-state index in [-0.39, 0.29) is 0 Å². The van der Waals surface area contributed by atoms with Crippen molar-refractivity contribution in [1.29, 1.82) is 0 Å². The lowest BCUT2D eigenvalue weighted by molar-refractivity contribution is 0.287. The molecule has 0 saturated heterocycles. The van der Waals surface area contributed by atoms with Crippen molar-refractivity contribution in [2.24, 2.45) is 0 Å². The monoisotopic (exact) mass is 423 g/mol. The van der Waals surface area contributed by atoms with Crippen LogP contribution < -0.4 is 9.47 Å². The van der Waals surface area contributed by atoms with Gasteiger partial charge in [-0.05, 0) is 58.8 Å². The lowest BCUT2D eigenvalue weighted by Crippen LogP contribution is -2.00. The molecule has 0 bridgehead atoms. The molecular formula is C25H21N5O2. The lowest BCUT2D eigenvalue weighted by atomic mass is 10.1. The van der Waals surface area contributed by atoms with Crippen LogP contribution in [0, 0.1) is 6.92 Å². The summed E-state index contributed by atoms with van der Waals surface area (Å²) in [6, 6.07) is 25.8. The fourth-order valence-corrected chi connectivity index (χ4v) is 3.45. The molecule has 0 aliphatic heterocycles. The third-order valence-electron chi connectivity index (χ3n) is 5.20. The number of ether oxygens (including phenoxy) is 2. The number of para-hydroxylation sites is 1. The molecule has 7 nitrogen and oxygen atoms in total. The van der Waals surface area contributed by atoms with Crippen LogP contribution in [0.15, 0.2) is 78.9 Å². The van der Waals surface area contributed by atoms with Gasteiger partial charge in [-0.2, -0.15) is 0 Å². The van der Waals surface area contributed by atoms with Crippen molar-refractivity contribution < 1.29 is 9.47 Å². The topological polar surface area (TPSA) is 85.8 Å². The summed E-state index contributed by atoms with van der Waals surface area (Å²) in [6.45, 7) is 2.89. The number of tetrazole rings is 1. The van der Waals surface area contributed by atoms with Crippen LogP contribution in [0.1, 0.15) is 16.8 Å². The number of rotatable bonds is 7. The van der Waals surface area contributed by atoms with E-state index in [9.17, 15) is 0 Å². The van der Waals surface area contributed by atoms with Gasteiger partial charge >= 0.3 is 0 Å². The third-order valence-corrected chi connectivity index (χ3v) is 5.20. The number of benzene rings is 3. The highest BCUT2D eigenvalue weighted by molar-refractivity contribution is 5.78. The van der Waals surface area contributed by atoms with Crippen molar-refractivity contribution in [3.05, 3.63) is 95.7 Å². The molecule has 5 aromatic rings. The number of nitrogens with zero attached hydrogens (tertiary/aromatic N) is 4. The van der Waals surface area contributed by atoms with E-state index in [0.29, 0.717) is 19.0 Å². The zero-order valence-electron chi connectivity index (χ0n) is 17.5. The standard InChI is InChI=1S/C25H21N5O2/c1-17-13-19(25-27-29-30-28-25)9-10-20(17)15-31-22-6-4-7-23(14-22)32-16-21-12-11-18-5-2-3-8-24(18)26-21/h2-14H,15-16H2,1H3,(H,27,28,29,30). The van der Waals surface area contributed by atoms with Crippen LogP contribution in [0.3, 0.4) is 0 Å². The van der Waals surface area contributed by atoms with E-state index in [1.54, 1.807) is 0 Å². The molecule has 5 rings (SSSR count). The van der Waals surface area contributed by atoms with Crippen molar-refractivity contribution in [2.75, 3.05) is 0 Å². The van der Waals surface area contributed by atoms with Crippen molar-refractivity contribution >= 4 is 10.9 Å². The number of fused-ring (bicyclic) bond motifs is 1. The highest BCUT2D eigenvalue weighted by atomic mass is 16.5. The molecule has 0 amide bonds. The minimum absolute atomic E-state index is 0.394. The first-order chi connectivity index (χ1) is 15.7. The third kappa shape index (κ3) is 4.41. The summed E-state index contributed by atoms with van der Waals surface area (Å²) >= 11 is 0. The second-order valence-electron chi connectivity index (χ2n) is 7.44. The Labute approximate surface area is 185 Å². The average molecular weight is 423 g/mol. The molecule has 0 aliphatic rings. The summed E-state index contributed by atoms with van der Waals surface area (Å²) in [5.74, 6) is 2.13. The molecule has 1 N–H and O–H groups in total. The van der Waals surface area contributed by atoms with Gasteiger partial charge < -0.3 is 9.47 Å². The summed E-state index contributed by atoms with van der Waals surface area (Å²) in [7, 11) is 0. The van der Waals surface area contributed by atoms with Crippen molar-refractivity contribution in [3.8, 4) is 22.9 Å². The van der Waals surface area contributed by atoms with Gasteiger partial charge in [0, 0.05) is 17.0 Å². The van der Waals surface area contributed by atoms with Gasteiger partial charge in [0.05, 0.1) is 11.2 Å². The maximum atomic E-state index is 6.01. The fraction of sp³-hybridized carbons (Fsp3) is 0.120. The Bertz CT molecular complexity index is 1350. The number of aromatic nitrogens is 5. The number of nitrogens with one attached hydrogen (secondary N) is 1. The molecule has 0 saturated carbocycles. The minimum atomic E-state index is 0.394. The Morgan fingerprint density at radius 2 is 1.66 bits per heavy atom. The van der Waals surface area contributed by atoms with Crippen LogP contribution in [0.25, 0.3) is 22.3 Å². The summed E-state index contributed by atoms with van der Waals surface area (Å²) in [5.41, 5.74) is 4.98. The normalized spacial score (nSPS) is 10.9. The number of pyridine rings is 1. The Kier molecular flexibility index (Phi) is 5.45. The van der Waals surface area contributed by atoms with Gasteiger partial charge in [0.25, 0.3) is 0 Å². The van der Waals surface area contributed by atoms with Gasteiger partial charge in [-0.1, -0.05) is 42.5 Å². The SMILES string of the molecule is Cc1cc(-c2nnn[nH]2)ccc1COc1cccc(OCc2ccc3ccccc3n2)c1. The molecule has 0 fully saturated rings. The largest absolute Gasteiger partial charge is 0.489 e. The highest BCUT2D eigenvalue weighted by Crippen LogP contribution is 2.23. The first kappa shape index (κ1) is 19.7. The zero-order chi connectivity index (χ0) is 21.8. The average Bonchev–Trinajstić information content (AvgIpc) is 3.37. The molecule has 3 aromatic carbocycles. The van der Waals surface area contributed by atoms with Gasteiger partial charge in [0.15, 0.2) is 5.82 Å². The van der Waals surface area contributed by atoms with Crippen LogP contribution in [0.4, 0.5) is 0 Å². The summed E-state index contributed by atoms with van der Waals surface area (Å²) < 4.78 is 12.0.